The second kappa shape index (κ2) is 7.64. The average molecular weight is 311 g/mol. The number of nitrogens with zero attached hydrogens (tertiary/aromatic N) is 1. The molecule has 2 saturated heterocycles. The number of hydrogen-bond donors (Lipinski definition) is 2. The number of piperidine rings is 1. The molecule has 0 saturated carbocycles. The first-order valence-corrected chi connectivity index (χ1v) is 8.71. The Morgan fingerprint density at radius 1 is 1.23 bits per heavy atom. The molecule has 2 amide bonds. The third-order valence-corrected chi connectivity index (χ3v) is 4.88. The number of amides is 2. The summed E-state index contributed by atoms with van der Waals surface area (Å²) in [7, 11) is 2.13. The van der Waals surface area contributed by atoms with E-state index in [0.29, 0.717) is 18.5 Å². The van der Waals surface area contributed by atoms with E-state index >= 15 is 0 Å². The molecule has 2 N–H and O–H groups in total. The summed E-state index contributed by atoms with van der Waals surface area (Å²) in [6, 6.07) is 0.296. The van der Waals surface area contributed by atoms with Crippen molar-refractivity contribution in [2.75, 3.05) is 33.3 Å². The lowest BCUT2D eigenvalue weighted by Gasteiger charge is -2.40. The van der Waals surface area contributed by atoms with Gasteiger partial charge < -0.3 is 20.3 Å². The van der Waals surface area contributed by atoms with Crippen LogP contribution in [0.5, 0.6) is 0 Å². The molecular formula is C17H33N3O2. The molecule has 0 unspecified atom stereocenters. The van der Waals surface area contributed by atoms with Gasteiger partial charge in [0.2, 0.25) is 0 Å². The summed E-state index contributed by atoms with van der Waals surface area (Å²) < 4.78 is 5.97. The van der Waals surface area contributed by atoms with Crippen LogP contribution < -0.4 is 10.6 Å². The number of carbonyl (C=O) groups excluding carboxylic acids is 1. The van der Waals surface area contributed by atoms with E-state index in [1.54, 1.807) is 0 Å². The van der Waals surface area contributed by atoms with Gasteiger partial charge in [0.25, 0.3) is 0 Å². The SMILES string of the molecule is CN1CCC(NC(=O)NC[C@H]2CCCO[C@@H]2C(C)(C)C)CC1. The van der Waals surface area contributed by atoms with Gasteiger partial charge in [-0.15, -0.1) is 0 Å². The fourth-order valence-electron chi connectivity index (χ4n) is 3.62. The van der Waals surface area contributed by atoms with Crippen molar-refractivity contribution >= 4 is 6.03 Å². The van der Waals surface area contributed by atoms with Gasteiger partial charge in [-0.2, -0.15) is 0 Å². The van der Waals surface area contributed by atoms with Gasteiger partial charge >= 0.3 is 6.03 Å². The molecule has 5 nitrogen and oxygen atoms in total. The molecular weight excluding hydrogens is 278 g/mol. The van der Waals surface area contributed by atoms with Gasteiger partial charge in [0.1, 0.15) is 0 Å². The van der Waals surface area contributed by atoms with E-state index in [1.165, 1.54) is 0 Å². The van der Waals surface area contributed by atoms with Crippen LogP contribution in [0.4, 0.5) is 4.79 Å². The van der Waals surface area contributed by atoms with Crippen molar-refractivity contribution in [3.8, 4) is 0 Å². The van der Waals surface area contributed by atoms with Crippen LogP contribution in [0.2, 0.25) is 0 Å². The van der Waals surface area contributed by atoms with Gasteiger partial charge in [-0.25, -0.2) is 4.79 Å². The number of urea groups is 1. The standard InChI is InChI=1S/C17H33N3O2/c1-17(2,3)15-13(6-5-11-22-15)12-18-16(21)19-14-7-9-20(4)10-8-14/h13-15H,5-12H2,1-4H3,(H2,18,19,21)/t13-,15+/m1/s1. The maximum Gasteiger partial charge on any atom is 0.315 e. The first-order chi connectivity index (χ1) is 10.4. The van der Waals surface area contributed by atoms with Crippen LogP contribution >= 0.6 is 0 Å². The average Bonchev–Trinajstić information content (AvgIpc) is 2.47. The molecule has 2 aliphatic rings. The summed E-state index contributed by atoms with van der Waals surface area (Å²) in [5, 5.41) is 6.18. The van der Waals surface area contributed by atoms with Gasteiger partial charge in [0, 0.05) is 25.1 Å². The maximum atomic E-state index is 12.1. The molecule has 0 spiro atoms. The molecule has 0 aliphatic carbocycles. The van der Waals surface area contributed by atoms with Crippen molar-refractivity contribution in [1.29, 1.82) is 0 Å². The molecule has 0 aromatic heterocycles. The molecule has 22 heavy (non-hydrogen) atoms. The predicted molar refractivity (Wildman–Crippen MR) is 89.0 cm³/mol. The Hall–Kier alpha value is -0.810. The highest BCUT2D eigenvalue weighted by atomic mass is 16.5. The number of nitrogens with one attached hydrogen (secondary N) is 2. The predicted octanol–water partition coefficient (Wildman–Crippen LogP) is 2.22. The van der Waals surface area contributed by atoms with Crippen LogP contribution in [0, 0.1) is 11.3 Å². The van der Waals surface area contributed by atoms with Crippen molar-refractivity contribution in [3.05, 3.63) is 0 Å². The molecule has 2 atom stereocenters. The molecule has 2 fully saturated rings. The van der Waals surface area contributed by atoms with Gasteiger partial charge in [0.15, 0.2) is 0 Å². The molecule has 2 heterocycles. The Bertz CT molecular complexity index is 359. The summed E-state index contributed by atoms with van der Waals surface area (Å²) in [5.41, 5.74) is 0.122. The smallest absolute Gasteiger partial charge is 0.315 e. The van der Waals surface area contributed by atoms with Crippen LogP contribution in [-0.2, 0) is 4.74 Å². The lowest BCUT2D eigenvalue weighted by molar-refractivity contribution is -0.0838. The molecule has 0 radical (unpaired) electrons. The Morgan fingerprint density at radius 3 is 2.55 bits per heavy atom. The van der Waals surface area contributed by atoms with Crippen LogP contribution in [0.1, 0.15) is 46.5 Å². The topological polar surface area (TPSA) is 53.6 Å². The van der Waals surface area contributed by atoms with Gasteiger partial charge in [-0.1, -0.05) is 20.8 Å². The highest BCUT2D eigenvalue weighted by Crippen LogP contribution is 2.33. The first kappa shape index (κ1) is 17.5. The van der Waals surface area contributed by atoms with E-state index < -0.39 is 0 Å². The van der Waals surface area contributed by atoms with Gasteiger partial charge in [-0.05, 0) is 51.2 Å². The van der Waals surface area contributed by atoms with Gasteiger partial charge in [-0.3, -0.25) is 0 Å². The minimum Gasteiger partial charge on any atom is -0.377 e. The van der Waals surface area contributed by atoms with E-state index in [9.17, 15) is 4.79 Å². The minimum atomic E-state index is -0.0206. The molecule has 0 bridgehead atoms. The van der Waals surface area contributed by atoms with Crippen molar-refractivity contribution in [3.63, 3.8) is 0 Å². The molecule has 128 valence electrons. The zero-order valence-electron chi connectivity index (χ0n) is 14.7. The highest BCUT2D eigenvalue weighted by molar-refractivity contribution is 5.74. The van der Waals surface area contributed by atoms with Crippen molar-refractivity contribution in [1.82, 2.24) is 15.5 Å². The fraction of sp³-hybridized carbons (Fsp3) is 0.941. The number of ether oxygens (including phenoxy) is 1. The van der Waals surface area contributed by atoms with Crippen LogP contribution in [-0.4, -0.2) is 56.4 Å². The van der Waals surface area contributed by atoms with E-state index in [4.69, 9.17) is 4.74 Å². The zero-order valence-corrected chi connectivity index (χ0v) is 14.7. The second-order valence-corrected chi connectivity index (χ2v) is 7.99. The number of hydrogen-bond acceptors (Lipinski definition) is 3. The molecule has 2 rings (SSSR count). The summed E-state index contributed by atoms with van der Waals surface area (Å²) in [6.07, 6.45) is 4.54. The Morgan fingerprint density at radius 2 is 1.91 bits per heavy atom. The van der Waals surface area contributed by atoms with Crippen molar-refractivity contribution in [2.24, 2.45) is 11.3 Å². The fourth-order valence-corrected chi connectivity index (χ4v) is 3.62. The number of likely N-dealkylation sites (tertiary alicyclic amines) is 1. The zero-order chi connectivity index (χ0) is 16.2. The highest BCUT2D eigenvalue weighted by Gasteiger charge is 2.35. The normalized spacial score (nSPS) is 28.4. The number of carbonyl (C=O) groups is 1. The van der Waals surface area contributed by atoms with Crippen molar-refractivity contribution < 1.29 is 9.53 Å². The summed E-state index contributed by atoms with van der Waals surface area (Å²) in [4.78, 5) is 14.4. The largest absolute Gasteiger partial charge is 0.377 e. The van der Waals surface area contributed by atoms with Crippen LogP contribution in [0.3, 0.4) is 0 Å². The lowest BCUT2D eigenvalue weighted by atomic mass is 9.78. The van der Waals surface area contributed by atoms with Gasteiger partial charge in [0.05, 0.1) is 6.10 Å². The molecule has 0 aromatic rings. The molecule has 2 aliphatic heterocycles. The van der Waals surface area contributed by atoms with E-state index in [1.807, 2.05) is 0 Å². The summed E-state index contributed by atoms with van der Waals surface area (Å²) in [6.45, 7) is 10.3. The Labute approximate surface area is 135 Å². The molecule has 5 heteroatoms. The summed E-state index contributed by atoms with van der Waals surface area (Å²) in [5.74, 6) is 0.414. The van der Waals surface area contributed by atoms with Crippen molar-refractivity contribution in [2.45, 2.75) is 58.6 Å². The first-order valence-electron chi connectivity index (χ1n) is 8.71. The Kier molecular flexibility index (Phi) is 6.09. The van der Waals surface area contributed by atoms with E-state index in [-0.39, 0.29) is 17.6 Å². The lowest BCUT2D eigenvalue weighted by Crippen LogP contribution is -2.50. The maximum absolute atomic E-state index is 12.1. The minimum absolute atomic E-state index is 0.0206. The number of rotatable bonds is 3. The van der Waals surface area contributed by atoms with E-state index in [0.717, 1.165) is 45.4 Å². The quantitative estimate of drug-likeness (QED) is 0.840. The van der Waals surface area contributed by atoms with Crippen LogP contribution in [0.15, 0.2) is 0 Å². The summed E-state index contributed by atoms with van der Waals surface area (Å²) >= 11 is 0. The molecule has 0 aromatic carbocycles. The third-order valence-electron chi connectivity index (χ3n) is 4.88. The Balaban J connectivity index is 1.75. The third kappa shape index (κ3) is 5.13. The van der Waals surface area contributed by atoms with Crippen LogP contribution in [0.25, 0.3) is 0 Å². The monoisotopic (exact) mass is 311 g/mol. The van der Waals surface area contributed by atoms with E-state index in [2.05, 4.69) is 43.4 Å². The second-order valence-electron chi connectivity index (χ2n) is 7.99.